The molecule has 29 heavy (non-hydrogen) atoms. The van der Waals surface area contributed by atoms with Crippen molar-refractivity contribution < 1.29 is 19.1 Å². The molecule has 6 rings (SSSR count). The topological polar surface area (TPSA) is 71.1 Å². The van der Waals surface area contributed by atoms with E-state index in [1.807, 2.05) is 19.9 Å². The molecule has 1 aromatic carbocycles. The van der Waals surface area contributed by atoms with Crippen LogP contribution in [0.2, 0.25) is 0 Å². The van der Waals surface area contributed by atoms with Gasteiger partial charge in [-0.3, -0.25) is 14.5 Å². The van der Waals surface area contributed by atoms with Crippen LogP contribution in [0.1, 0.15) is 38.2 Å². The zero-order chi connectivity index (χ0) is 20.1. The lowest BCUT2D eigenvalue weighted by molar-refractivity contribution is -0.137. The van der Waals surface area contributed by atoms with Crippen molar-refractivity contribution in [2.24, 2.45) is 11.8 Å². The second kappa shape index (κ2) is 7.20. The first kappa shape index (κ1) is 18.7. The molecule has 2 bridgehead atoms. The maximum atomic E-state index is 13.1. The fourth-order valence-corrected chi connectivity index (χ4v) is 5.61. The summed E-state index contributed by atoms with van der Waals surface area (Å²) in [6, 6.07) is 6.76. The van der Waals surface area contributed by atoms with E-state index in [-0.39, 0.29) is 43.0 Å². The summed E-state index contributed by atoms with van der Waals surface area (Å²) in [4.78, 5) is 29.7. The Morgan fingerprint density at radius 3 is 2.66 bits per heavy atom. The number of ether oxygens (including phenoxy) is 2. The number of nitrogens with one attached hydrogen (secondary N) is 1. The fourth-order valence-electron chi connectivity index (χ4n) is 5.61. The summed E-state index contributed by atoms with van der Waals surface area (Å²) in [5, 5.41) is 2.81. The van der Waals surface area contributed by atoms with Gasteiger partial charge < -0.3 is 19.7 Å². The van der Waals surface area contributed by atoms with Crippen LogP contribution in [0.25, 0.3) is 0 Å². The molecule has 5 aliphatic rings. The average Bonchev–Trinajstić information content (AvgIpc) is 3.37. The zero-order valence-electron chi connectivity index (χ0n) is 17.1. The van der Waals surface area contributed by atoms with Crippen LogP contribution in [-0.4, -0.2) is 66.7 Å². The van der Waals surface area contributed by atoms with Crippen LogP contribution in [0, 0.1) is 11.8 Å². The Balaban J connectivity index is 1.40. The molecule has 1 aromatic rings. The summed E-state index contributed by atoms with van der Waals surface area (Å²) in [7, 11) is 0. The molecule has 0 unspecified atom stereocenters. The van der Waals surface area contributed by atoms with Crippen molar-refractivity contribution in [1.29, 1.82) is 0 Å². The van der Waals surface area contributed by atoms with Crippen LogP contribution >= 0.6 is 0 Å². The largest absolute Gasteiger partial charge is 0.454 e. The Kier molecular flexibility index (Phi) is 4.65. The second-order valence-corrected chi connectivity index (χ2v) is 8.99. The number of carbonyl (C=O) groups is 2. The average molecular weight is 399 g/mol. The van der Waals surface area contributed by atoms with Crippen LogP contribution in [-0.2, 0) is 9.59 Å². The molecule has 4 saturated heterocycles. The van der Waals surface area contributed by atoms with E-state index in [4.69, 9.17) is 9.47 Å². The van der Waals surface area contributed by atoms with Crippen molar-refractivity contribution in [3.05, 3.63) is 23.8 Å². The lowest BCUT2D eigenvalue weighted by Crippen LogP contribution is -2.61. The van der Waals surface area contributed by atoms with Gasteiger partial charge in [0, 0.05) is 24.4 Å². The van der Waals surface area contributed by atoms with Gasteiger partial charge in [-0.2, -0.15) is 0 Å². The first-order chi connectivity index (χ1) is 14.0. The van der Waals surface area contributed by atoms with Gasteiger partial charge in [0.05, 0.1) is 12.6 Å². The Labute approximate surface area is 171 Å². The summed E-state index contributed by atoms with van der Waals surface area (Å²) in [6.45, 7) is 6.95. The number of carbonyl (C=O) groups excluding carboxylic acids is 2. The standard InChI is InChI=1S/C22H29N3O4/c1-13(2)22(27)23-10-19(26)25-11-16(15-3-4-17-18(9-15)29-12-28-17)21-20(25)14-5-7-24(21)8-6-14/h3-4,9,13-14,16,20-21H,5-8,10-12H2,1-2H3,(H,23,27)/t16-,20+,21+/m0/s1. The highest BCUT2D eigenvalue weighted by atomic mass is 16.7. The minimum atomic E-state index is -0.118. The smallest absolute Gasteiger partial charge is 0.242 e. The van der Waals surface area contributed by atoms with Crippen LogP contribution in [0.15, 0.2) is 18.2 Å². The number of likely N-dealkylation sites (tertiary alicyclic amines) is 1. The van der Waals surface area contributed by atoms with Crippen LogP contribution in [0.5, 0.6) is 11.5 Å². The number of fused-ring (bicyclic) bond motifs is 3. The highest BCUT2D eigenvalue weighted by molar-refractivity contribution is 5.86. The van der Waals surface area contributed by atoms with Gasteiger partial charge in [-0.25, -0.2) is 0 Å². The Hall–Kier alpha value is -2.28. The third kappa shape index (κ3) is 3.16. The summed E-state index contributed by atoms with van der Waals surface area (Å²) >= 11 is 0. The molecule has 1 N–H and O–H groups in total. The number of amides is 2. The van der Waals surface area contributed by atoms with E-state index in [0.29, 0.717) is 18.5 Å². The molecule has 156 valence electrons. The van der Waals surface area contributed by atoms with Crippen LogP contribution in [0.4, 0.5) is 0 Å². The molecule has 7 heteroatoms. The number of nitrogens with zero attached hydrogens (tertiary/aromatic N) is 2. The molecular weight excluding hydrogens is 370 g/mol. The molecule has 4 fully saturated rings. The number of benzene rings is 1. The predicted molar refractivity (Wildman–Crippen MR) is 107 cm³/mol. The van der Waals surface area contributed by atoms with Gasteiger partial charge in [0.15, 0.2) is 11.5 Å². The maximum Gasteiger partial charge on any atom is 0.242 e. The first-order valence-corrected chi connectivity index (χ1v) is 10.7. The van der Waals surface area contributed by atoms with Crippen molar-refractivity contribution in [2.75, 3.05) is 33.0 Å². The fraction of sp³-hybridized carbons (Fsp3) is 0.636. The molecule has 0 spiro atoms. The second-order valence-electron chi connectivity index (χ2n) is 8.99. The summed E-state index contributed by atoms with van der Waals surface area (Å²) in [5.74, 6) is 2.23. The number of hydrogen-bond donors (Lipinski definition) is 1. The van der Waals surface area contributed by atoms with Gasteiger partial charge in [-0.15, -0.1) is 0 Å². The van der Waals surface area contributed by atoms with Gasteiger partial charge >= 0.3 is 0 Å². The molecule has 5 aliphatic heterocycles. The normalized spacial score (nSPS) is 31.8. The van der Waals surface area contributed by atoms with Gasteiger partial charge in [0.25, 0.3) is 0 Å². The van der Waals surface area contributed by atoms with Gasteiger partial charge in [0.2, 0.25) is 18.6 Å². The SMILES string of the molecule is CC(C)C(=O)NCC(=O)N1C[C@@H](c2ccc3c(c2)OCO3)[C@@H]2[C@H]1C1CCN2CC1. The van der Waals surface area contributed by atoms with E-state index in [9.17, 15) is 9.59 Å². The Morgan fingerprint density at radius 2 is 1.90 bits per heavy atom. The first-order valence-electron chi connectivity index (χ1n) is 10.7. The highest BCUT2D eigenvalue weighted by Gasteiger charge is 2.54. The van der Waals surface area contributed by atoms with E-state index < -0.39 is 0 Å². The molecule has 5 heterocycles. The van der Waals surface area contributed by atoms with Gasteiger partial charge in [-0.05, 0) is 49.5 Å². The van der Waals surface area contributed by atoms with E-state index in [1.165, 1.54) is 5.56 Å². The van der Waals surface area contributed by atoms with Crippen molar-refractivity contribution >= 4 is 11.8 Å². The number of rotatable bonds is 4. The zero-order valence-corrected chi connectivity index (χ0v) is 17.1. The van der Waals surface area contributed by atoms with E-state index in [0.717, 1.165) is 37.4 Å². The minimum Gasteiger partial charge on any atom is -0.454 e. The number of piperidine rings is 3. The Bertz CT molecular complexity index is 818. The summed E-state index contributed by atoms with van der Waals surface area (Å²) in [5.41, 5.74) is 1.21. The summed E-state index contributed by atoms with van der Waals surface area (Å²) in [6.07, 6.45) is 2.30. The van der Waals surface area contributed by atoms with Gasteiger partial charge in [-0.1, -0.05) is 19.9 Å². The molecular formula is C22H29N3O4. The molecule has 0 saturated carbocycles. The maximum absolute atomic E-state index is 13.1. The lowest BCUT2D eigenvalue weighted by Gasteiger charge is -2.51. The molecule has 7 nitrogen and oxygen atoms in total. The lowest BCUT2D eigenvalue weighted by atomic mass is 9.75. The molecule has 2 amide bonds. The van der Waals surface area contributed by atoms with Gasteiger partial charge in [0.1, 0.15) is 0 Å². The van der Waals surface area contributed by atoms with Crippen molar-refractivity contribution in [1.82, 2.24) is 15.1 Å². The minimum absolute atomic E-state index is 0.0333. The van der Waals surface area contributed by atoms with E-state index in [1.54, 1.807) is 0 Å². The van der Waals surface area contributed by atoms with Crippen LogP contribution < -0.4 is 14.8 Å². The van der Waals surface area contributed by atoms with E-state index >= 15 is 0 Å². The molecule has 0 aromatic heterocycles. The predicted octanol–water partition coefficient (Wildman–Crippen LogP) is 1.58. The highest BCUT2D eigenvalue weighted by Crippen LogP contribution is 2.47. The third-order valence-electron chi connectivity index (χ3n) is 7.08. The van der Waals surface area contributed by atoms with Crippen molar-refractivity contribution in [3.63, 3.8) is 0 Å². The Morgan fingerprint density at radius 1 is 1.14 bits per heavy atom. The van der Waals surface area contributed by atoms with Crippen molar-refractivity contribution in [2.45, 2.75) is 44.7 Å². The molecule has 3 atom stereocenters. The quantitative estimate of drug-likeness (QED) is 0.832. The van der Waals surface area contributed by atoms with Crippen molar-refractivity contribution in [3.8, 4) is 11.5 Å². The van der Waals surface area contributed by atoms with E-state index in [2.05, 4.69) is 27.2 Å². The monoisotopic (exact) mass is 399 g/mol. The number of hydrogen-bond acceptors (Lipinski definition) is 5. The third-order valence-corrected chi connectivity index (χ3v) is 7.08. The molecule has 0 radical (unpaired) electrons. The summed E-state index contributed by atoms with van der Waals surface area (Å²) < 4.78 is 11.1. The molecule has 0 aliphatic carbocycles. The van der Waals surface area contributed by atoms with Crippen LogP contribution in [0.3, 0.4) is 0 Å².